The molecular weight excluding hydrogens is 234 g/mol. The minimum absolute atomic E-state index is 0.218. The van der Waals surface area contributed by atoms with Gasteiger partial charge in [0, 0.05) is 25.2 Å². The van der Waals surface area contributed by atoms with Gasteiger partial charge in [-0.05, 0) is 23.8 Å². The third kappa shape index (κ3) is 2.87. The van der Waals surface area contributed by atoms with E-state index < -0.39 is 5.97 Å². The van der Waals surface area contributed by atoms with Crippen LogP contribution in [0.3, 0.4) is 0 Å². The molecule has 96 valence electrons. The Balaban J connectivity index is 2.32. The van der Waals surface area contributed by atoms with Gasteiger partial charge < -0.3 is 19.5 Å². The number of carboxylic acid groups (broad SMARTS) is 1. The molecule has 0 aromatic heterocycles. The minimum atomic E-state index is -0.975. The van der Waals surface area contributed by atoms with Crippen molar-refractivity contribution in [1.29, 1.82) is 0 Å². The maximum Gasteiger partial charge on any atom is 0.335 e. The van der Waals surface area contributed by atoms with E-state index >= 15 is 0 Å². The summed E-state index contributed by atoms with van der Waals surface area (Å²) in [6, 6.07) is 5.05. The molecule has 1 heterocycles. The lowest BCUT2D eigenvalue weighted by Crippen LogP contribution is -2.36. The molecule has 5 heteroatoms. The van der Waals surface area contributed by atoms with Crippen molar-refractivity contribution in [3.8, 4) is 0 Å². The van der Waals surface area contributed by atoms with Gasteiger partial charge in [0.05, 0.1) is 18.8 Å². The van der Waals surface area contributed by atoms with Crippen molar-refractivity contribution in [3.05, 3.63) is 29.3 Å². The highest BCUT2D eigenvalue weighted by molar-refractivity contribution is 5.89. The zero-order chi connectivity index (χ0) is 13.0. The van der Waals surface area contributed by atoms with E-state index in [1.807, 2.05) is 6.07 Å². The van der Waals surface area contributed by atoms with E-state index in [-0.39, 0.29) is 12.0 Å². The summed E-state index contributed by atoms with van der Waals surface area (Å²) >= 11 is 0. The average molecular weight is 249 g/mol. The van der Waals surface area contributed by atoms with Crippen molar-refractivity contribution in [3.63, 3.8) is 0 Å². The fraction of sp³-hybridized carbons (Fsp3) is 0.385. The van der Waals surface area contributed by atoms with E-state index in [1.165, 1.54) is 0 Å². The second-order valence-corrected chi connectivity index (χ2v) is 4.16. The van der Waals surface area contributed by atoms with E-state index in [2.05, 4.69) is 4.90 Å². The maximum atomic E-state index is 11.1. The molecule has 0 saturated carbocycles. The Morgan fingerprint density at radius 1 is 1.33 bits per heavy atom. The molecule has 0 atom stereocenters. The van der Waals surface area contributed by atoms with Gasteiger partial charge in [-0.25, -0.2) is 4.79 Å². The largest absolute Gasteiger partial charge is 0.478 e. The summed E-state index contributed by atoms with van der Waals surface area (Å²) in [4.78, 5) is 23.7. The van der Waals surface area contributed by atoms with E-state index in [9.17, 15) is 9.59 Å². The Kier molecular flexibility index (Phi) is 3.94. The highest BCUT2D eigenvalue weighted by Crippen LogP contribution is 2.20. The van der Waals surface area contributed by atoms with Crippen LogP contribution in [0.2, 0.25) is 0 Å². The number of anilines is 1. The van der Waals surface area contributed by atoms with E-state index in [1.54, 1.807) is 12.1 Å². The van der Waals surface area contributed by atoms with E-state index in [0.29, 0.717) is 13.2 Å². The lowest BCUT2D eigenvalue weighted by atomic mass is 10.1. The maximum absolute atomic E-state index is 11.1. The van der Waals surface area contributed by atoms with Crippen molar-refractivity contribution in [2.24, 2.45) is 0 Å². The number of benzene rings is 1. The molecule has 0 radical (unpaired) electrons. The molecule has 0 aliphatic carbocycles. The average Bonchev–Trinajstić information content (AvgIpc) is 2.40. The van der Waals surface area contributed by atoms with Crippen LogP contribution in [0, 0.1) is 0 Å². The Labute approximate surface area is 105 Å². The van der Waals surface area contributed by atoms with Crippen molar-refractivity contribution in [1.82, 2.24) is 0 Å². The minimum Gasteiger partial charge on any atom is -0.478 e. The molecule has 1 aromatic rings. The first kappa shape index (κ1) is 12.6. The van der Waals surface area contributed by atoms with Gasteiger partial charge in [0.1, 0.15) is 6.29 Å². The zero-order valence-electron chi connectivity index (χ0n) is 9.96. The van der Waals surface area contributed by atoms with Crippen molar-refractivity contribution >= 4 is 17.9 Å². The second kappa shape index (κ2) is 5.64. The van der Waals surface area contributed by atoms with Crippen LogP contribution < -0.4 is 4.90 Å². The summed E-state index contributed by atoms with van der Waals surface area (Å²) < 4.78 is 5.26. The molecule has 1 aromatic carbocycles. The third-order valence-corrected chi connectivity index (χ3v) is 2.92. The molecule has 0 bridgehead atoms. The van der Waals surface area contributed by atoms with Crippen LogP contribution in [0.1, 0.15) is 15.9 Å². The molecule has 0 spiro atoms. The zero-order valence-corrected chi connectivity index (χ0v) is 9.96. The third-order valence-electron chi connectivity index (χ3n) is 2.92. The summed E-state index contributed by atoms with van der Waals surface area (Å²) in [6.45, 7) is 2.76. The summed E-state index contributed by atoms with van der Waals surface area (Å²) in [5.74, 6) is -0.975. The first-order chi connectivity index (χ1) is 8.70. The number of carboxylic acids is 1. The van der Waals surface area contributed by atoms with Gasteiger partial charge in [-0.15, -0.1) is 0 Å². The molecular formula is C13H15NO4. The van der Waals surface area contributed by atoms with Crippen LogP contribution in [0.4, 0.5) is 5.69 Å². The van der Waals surface area contributed by atoms with Crippen LogP contribution in [0.5, 0.6) is 0 Å². The van der Waals surface area contributed by atoms with Gasteiger partial charge in [0.2, 0.25) is 0 Å². The number of nitrogens with zero attached hydrogens (tertiary/aromatic N) is 1. The number of aldehydes is 1. The summed E-state index contributed by atoms with van der Waals surface area (Å²) in [5.41, 5.74) is 1.79. The van der Waals surface area contributed by atoms with Crippen molar-refractivity contribution < 1.29 is 19.4 Å². The Morgan fingerprint density at radius 3 is 2.67 bits per heavy atom. The van der Waals surface area contributed by atoms with Crippen LogP contribution >= 0.6 is 0 Å². The number of carbonyl (C=O) groups excluding carboxylic acids is 1. The molecule has 1 aliphatic heterocycles. The number of morpholine rings is 1. The Hall–Kier alpha value is -1.88. The smallest absolute Gasteiger partial charge is 0.335 e. The van der Waals surface area contributed by atoms with Gasteiger partial charge >= 0.3 is 5.97 Å². The number of carbonyl (C=O) groups is 2. The summed E-state index contributed by atoms with van der Waals surface area (Å²) in [5, 5.41) is 9.07. The predicted molar refractivity (Wildman–Crippen MR) is 66.2 cm³/mol. The topological polar surface area (TPSA) is 66.8 Å². The standard InChI is InChI=1S/C13H15NO4/c15-4-1-10-7-11(13(16)17)9-12(8-10)14-2-5-18-6-3-14/h4,7-9H,1-3,5-6H2,(H,16,17). The van der Waals surface area contributed by atoms with E-state index in [0.717, 1.165) is 30.6 Å². The lowest BCUT2D eigenvalue weighted by molar-refractivity contribution is -0.107. The molecule has 0 amide bonds. The van der Waals surface area contributed by atoms with Crippen LogP contribution in [-0.2, 0) is 16.0 Å². The van der Waals surface area contributed by atoms with Crippen LogP contribution in [0.15, 0.2) is 18.2 Å². The summed E-state index contributed by atoms with van der Waals surface area (Å²) in [6.07, 6.45) is 1.02. The van der Waals surface area contributed by atoms with Gasteiger partial charge in [-0.3, -0.25) is 0 Å². The number of ether oxygens (including phenoxy) is 1. The molecule has 1 saturated heterocycles. The number of hydrogen-bond donors (Lipinski definition) is 1. The first-order valence-electron chi connectivity index (χ1n) is 5.84. The monoisotopic (exact) mass is 249 g/mol. The highest BCUT2D eigenvalue weighted by Gasteiger charge is 2.14. The predicted octanol–water partition coefficient (Wildman–Crippen LogP) is 0.963. The molecule has 1 fully saturated rings. The van der Waals surface area contributed by atoms with E-state index in [4.69, 9.17) is 9.84 Å². The van der Waals surface area contributed by atoms with Crippen molar-refractivity contribution in [2.45, 2.75) is 6.42 Å². The normalized spacial score (nSPS) is 15.4. The number of rotatable bonds is 4. The molecule has 1 N–H and O–H groups in total. The van der Waals surface area contributed by atoms with Crippen LogP contribution in [0.25, 0.3) is 0 Å². The second-order valence-electron chi connectivity index (χ2n) is 4.16. The quantitative estimate of drug-likeness (QED) is 0.805. The van der Waals surface area contributed by atoms with Crippen molar-refractivity contribution in [2.75, 3.05) is 31.2 Å². The Bertz CT molecular complexity index is 452. The first-order valence-corrected chi connectivity index (χ1v) is 5.84. The lowest BCUT2D eigenvalue weighted by Gasteiger charge is -2.29. The molecule has 1 aliphatic rings. The van der Waals surface area contributed by atoms with Gasteiger partial charge in [-0.1, -0.05) is 0 Å². The van der Waals surface area contributed by atoms with Crippen LogP contribution in [-0.4, -0.2) is 43.7 Å². The van der Waals surface area contributed by atoms with Gasteiger partial charge in [0.15, 0.2) is 0 Å². The molecule has 0 unspecified atom stereocenters. The highest BCUT2D eigenvalue weighted by atomic mass is 16.5. The molecule has 2 rings (SSSR count). The fourth-order valence-electron chi connectivity index (χ4n) is 2.02. The SMILES string of the molecule is O=CCc1cc(C(=O)O)cc(N2CCOCC2)c1. The van der Waals surface area contributed by atoms with Gasteiger partial charge in [-0.2, -0.15) is 0 Å². The number of aromatic carboxylic acids is 1. The fourth-order valence-corrected chi connectivity index (χ4v) is 2.02. The Morgan fingerprint density at radius 2 is 2.06 bits per heavy atom. The molecule has 18 heavy (non-hydrogen) atoms. The number of hydrogen-bond acceptors (Lipinski definition) is 4. The molecule has 5 nitrogen and oxygen atoms in total. The summed E-state index contributed by atoms with van der Waals surface area (Å²) in [7, 11) is 0. The van der Waals surface area contributed by atoms with Gasteiger partial charge in [0.25, 0.3) is 0 Å².